The van der Waals surface area contributed by atoms with Crippen LogP contribution in [0.15, 0.2) is 30.6 Å². The van der Waals surface area contributed by atoms with Gasteiger partial charge in [0.15, 0.2) is 5.78 Å². The van der Waals surface area contributed by atoms with E-state index < -0.39 is 12.0 Å². The number of aromatic nitrogens is 2. The van der Waals surface area contributed by atoms with E-state index in [1.165, 1.54) is 5.56 Å². The molecule has 2 heterocycles. The number of fused-ring (bicyclic) bond motifs is 1. The van der Waals surface area contributed by atoms with Crippen LogP contribution in [-0.2, 0) is 23.2 Å². The normalized spacial score (nSPS) is 17.5. The zero-order chi connectivity index (χ0) is 19.6. The van der Waals surface area contributed by atoms with Gasteiger partial charge in [0.1, 0.15) is 6.04 Å². The van der Waals surface area contributed by atoms with Crippen LogP contribution in [0.4, 0.5) is 0 Å². The van der Waals surface area contributed by atoms with Gasteiger partial charge in [-0.3, -0.25) is 14.5 Å². The van der Waals surface area contributed by atoms with Gasteiger partial charge >= 0.3 is 5.97 Å². The molecule has 0 saturated carbocycles. The van der Waals surface area contributed by atoms with E-state index in [2.05, 4.69) is 30.7 Å². The van der Waals surface area contributed by atoms with Crippen molar-refractivity contribution in [3.8, 4) is 0 Å². The van der Waals surface area contributed by atoms with Gasteiger partial charge in [-0.1, -0.05) is 45.0 Å². The average molecular weight is 369 g/mol. The SMILES string of the molecule is CC(C)(C)c1ccc(C(=O)CCCN2Cc3[nH]cnc3CC2C(=O)O)cc1. The fourth-order valence-corrected chi connectivity index (χ4v) is 3.51. The molecule has 3 rings (SSSR count). The van der Waals surface area contributed by atoms with Gasteiger partial charge in [-0.05, 0) is 23.9 Å². The summed E-state index contributed by atoms with van der Waals surface area (Å²) in [7, 11) is 0. The zero-order valence-corrected chi connectivity index (χ0v) is 16.2. The van der Waals surface area contributed by atoms with Gasteiger partial charge in [0.2, 0.25) is 0 Å². The molecule has 0 saturated heterocycles. The van der Waals surface area contributed by atoms with Crippen LogP contribution in [0.3, 0.4) is 0 Å². The van der Waals surface area contributed by atoms with E-state index in [1.807, 2.05) is 29.2 Å². The molecule has 0 bridgehead atoms. The summed E-state index contributed by atoms with van der Waals surface area (Å²) < 4.78 is 0. The monoisotopic (exact) mass is 369 g/mol. The second kappa shape index (κ2) is 7.64. The lowest BCUT2D eigenvalue weighted by Crippen LogP contribution is -2.46. The van der Waals surface area contributed by atoms with E-state index in [-0.39, 0.29) is 11.2 Å². The van der Waals surface area contributed by atoms with Crippen molar-refractivity contribution < 1.29 is 14.7 Å². The first-order chi connectivity index (χ1) is 12.8. The lowest BCUT2D eigenvalue weighted by Gasteiger charge is -2.32. The number of hydrogen-bond acceptors (Lipinski definition) is 4. The Balaban J connectivity index is 1.57. The molecule has 1 unspecified atom stereocenters. The number of aromatic amines is 1. The van der Waals surface area contributed by atoms with E-state index in [0.29, 0.717) is 37.9 Å². The third kappa shape index (κ3) is 4.45. The Bertz CT molecular complexity index is 818. The van der Waals surface area contributed by atoms with Crippen LogP contribution in [0.5, 0.6) is 0 Å². The minimum Gasteiger partial charge on any atom is -0.480 e. The highest BCUT2D eigenvalue weighted by Crippen LogP contribution is 2.23. The minimum absolute atomic E-state index is 0.0627. The van der Waals surface area contributed by atoms with Crippen LogP contribution < -0.4 is 0 Å². The van der Waals surface area contributed by atoms with Crippen molar-refractivity contribution in [2.24, 2.45) is 0 Å². The number of imidazole rings is 1. The average Bonchev–Trinajstić information content (AvgIpc) is 3.07. The Kier molecular flexibility index (Phi) is 5.46. The van der Waals surface area contributed by atoms with Crippen molar-refractivity contribution in [1.82, 2.24) is 14.9 Å². The second-order valence-corrected chi connectivity index (χ2v) is 8.21. The third-order valence-corrected chi connectivity index (χ3v) is 5.20. The first kappa shape index (κ1) is 19.3. The first-order valence-corrected chi connectivity index (χ1v) is 9.37. The second-order valence-electron chi connectivity index (χ2n) is 8.21. The predicted octanol–water partition coefficient (Wildman–Crippen LogP) is 3.18. The number of ketones is 1. The summed E-state index contributed by atoms with van der Waals surface area (Å²) in [4.78, 5) is 33.2. The van der Waals surface area contributed by atoms with Crippen LogP contribution in [0.1, 0.15) is 60.9 Å². The van der Waals surface area contributed by atoms with Crippen LogP contribution in [-0.4, -0.2) is 44.3 Å². The number of hydrogen-bond donors (Lipinski definition) is 2. The maximum Gasteiger partial charge on any atom is 0.321 e. The summed E-state index contributed by atoms with van der Waals surface area (Å²) in [6, 6.07) is 7.22. The lowest BCUT2D eigenvalue weighted by molar-refractivity contribution is -0.144. The molecule has 0 amide bonds. The molecule has 0 radical (unpaired) electrons. The number of carbonyl (C=O) groups is 2. The van der Waals surface area contributed by atoms with Gasteiger partial charge in [0.05, 0.1) is 17.7 Å². The van der Waals surface area contributed by atoms with E-state index >= 15 is 0 Å². The molecule has 1 aliphatic heterocycles. The number of nitrogens with one attached hydrogen (secondary N) is 1. The Morgan fingerprint density at radius 1 is 1.26 bits per heavy atom. The minimum atomic E-state index is -0.840. The molecule has 144 valence electrons. The molecule has 1 aromatic heterocycles. The van der Waals surface area contributed by atoms with Crippen LogP contribution in [0.2, 0.25) is 0 Å². The van der Waals surface area contributed by atoms with Crippen molar-refractivity contribution in [2.45, 2.75) is 58.0 Å². The number of carboxylic acid groups (broad SMARTS) is 1. The molecule has 1 atom stereocenters. The fraction of sp³-hybridized carbons (Fsp3) is 0.476. The Morgan fingerprint density at radius 2 is 1.96 bits per heavy atom. The summed E-state index contributed by atoms with van der Waals surface area (Å²) in [6.45, 7) is 7.53. The third-order valence-electron chi connectivity index (χ3n) is 5.20. The van der Waals surface area contributed by atoms with Gasteiger partial charge in [-0.2, -0.15) is 0 Å². The topological polar surface area (TPSA) is 86.3 Å². The van der Waals surface area contributed by atoms with Gasteiger partial charge in [0, 0.05) is 24.9 Å². The summed E-state index contributed by atoms with van der Waals surface area (Å²) in [5, 5.41) is 9.50. The van der Waals surface area contributed by atoms with Gasteiger partial charge < -0.3 is 10.1 Å². The predicted molar refractivity (Wildman–Crippen MR) is 103 cm³/mol. The van der Waals surface area contributed by atoms with Gasteiger partial charge in [0.25, 0.3) is 0 Å². The number of nitrogens with zero attached hydrogens (tertiary/aromatic N) is 2. The summed E-state index contributed by atoms with van der Waals surface area (Å²) in [6.07, 6.45) is 3.05. The van der Waals surface area contributed by atoms with Crippen molar-refractivity contribution in [3.63, 3.8) is 0 Å². The molecule has 2 aromatic rings. The molecule has 6 nitrogen and oxygen atoms in total. The van der Waals surface area contributed by atoms with E-state index in [1.54, 1.807) is 6.33 Å². The molecule has 0 spiro atoms. The molecule has 1 aliphatic rings. The lowest BCUT2D eigenvalue weighted by atomic mass is 9.86. The molecular weight excluding hydrogens is 342 g/mol. The van der Waals surface area contributed by atoms with E-state index in [9.17, 15) is 14.7 Å². The number of carbonyl (C=O) groups excluding carboxylic acids is 1. The molecule has 1 aromatic carbocycles. The molecular formula is C21H27N3O3. The van der Waals surface area contributed by atoms with Crippen LogP contribution in [0.25, 0.3) is 0 Å². The number of Topliss-reactive ketones (excluding diaryl/α,β-unsaturated/α-hetero) is 1. The number of H-pyrrole nitrogens is 1. The van der Waals surface area contributed by atoms with Crippen LogP contribution in [0, 0.1) is 0 Å². The van der Waals surface area contributed by atoms with Gasteiger partial charge in [-0.25, -0.2) is 4.98 Å². The smallest absolute Gasteiger partial charge is 0.321 e. The quantitative estimate of drug-likeness (QED) is 0.764. The Labute approximate surface area is 159 Å². The number of rotatable bonds is 6. The number of aliphatic carboxylic acids is 1. The molecule has 0 aliphatic carbocycles. The van der Waals surface area contributed by atoms with E-state index in [4.69, 9.17) is 0 Å². The van der Waals surface area contributed by atoms with Crippen molar-refractivity contribution in [3.05, 3.63) is 53.1 Å². The van der Waals surface area contributed by atoms with Gasteiger partial charge in [-0.15, -0.1) is 0 Å². The highest BCUT2D eigenvalue weighted by atomic mass is 16.4. The standard InChI is InChI=1S/C21H27N3O3/c1-21(2,3)15-8-6-14(7-9-15)19(25)5-4-10-24-12-17-16(22-13-23-17)11-18(24)20(26)27/h6-9,13,18H,4-5,10-12H2,1-3H3,(H,22,23)(H,26,27). The summed E-state index contributed by atoms with van der Waals surface area (Å²) in [5.41, 5.74) is 3.78. The fourth-order valence-electron chi connectivity index (χ4n) is 3.51. The van der Waals surface area contributed by atoms with Crippen molar-refractivity contribution in [2.75, 3.05) is 6.54 Å². The van der Waals surface area contributed by atoms with Crippen molar-refractivity contribution in [1.29, 1.82) is 0 Å². The highest BCUT2D eigenvalue weighted by Gasteiger charge is 2.32. The van der Waals surface area contributed by atoms with E-state index in [0.717, 1.165) is 11.4 Å². The molecule has 27 heavy (non-hydrogen) atoms. The Morgan fingerprint density at radius 3 is 2.59 bits per heavy atom. The Hall–Kier alpha value is -2.47. The highest BCUT2D eigenvalue weighted by molar-refractivity contribution is 5.96. The number of benzene rings is 1. The first-order valence-electron chi connectivity index (χ1n) is 9.37. The molecule has 6 heteroatoms. The number of carboxylic acids is 1. The summed E-state index contributed by atoms with van der Waals surface area (Å²) in [5.74, 6) is -0.741. The largest absolute Gasteiger partial charge is 0.480 e. The maximum atomic E-state index is 12.5. The summed E-state index contributed by atoms with van der Waals surface area (Å²) >= 11 is 0. The maximum absolute atomic E-state index is 12.5. The zero-order valence-electron chi connectivity index (χ0n) is 16.2. The van der Waals surface area contributed by atoms with Crippen LogP contribution >= 0.6 is 0 Å². The molecule has 2 N–H and O–H groups in total. The van der Waals surface area contributed by atoms with Crippen molar-refractivity contribution >= 4 is 11.8 Å². The molecule has 0 fully saturated rings.